The molecular formula is C34H41Cl3N10O4S2. The maximum Gasteiger partial charge on any atom is 0.227 e. The number of nitrogens with one attached hydrogen (secondary N) is 2. The summed E-state index contributed by atoms with van der Waals surface area (Å²) in [7, 11) is 1.44. The minimum Gasteiger partial charge on any atom is -0.368 e. The van der Waals surface area contributed by atoms with Gasteiger partial charge in [0.1, 0.15) is 21.4 Å². The molecule has 2 unspecified atom stereocenters. The van der Waals surface area contributed by atoms with Gasteiger partial charge in [0.25, 0.3) is 0 Å². The predicted octanol–water partition coefficient (Wildman–Crippen LogP) is 3.63. The number of benzene rings is 1. The number of fused-ring (bicyclic) bond motifs is 2. The molecule has 3 fully saturated rings. The fourth-order valence-electron chi connectivity index (χ4n) is 7.18. The number of carbonyl (C=O) groups is 2. The van der Waals surface area contributed by atoms with Crippen LogP contribution in [0.4, 0.5) is 23.3 Å². The number of aromatic nitrogens is 4. The van der Waals surface area contributed by atoms with Crippen LogP contribution in [0.15, 0.2) is 28.0 Å². The molecule has 2 N–H and O–H groups in total. The molecule has 5 aliphatic rings. The summed E-state index contributed by atoms with van der Waals surface area (Å²) >= 11 is 18.2. The molecule has 7 heterocycles. The second kappa shape index (κ2) is 16.2. The molecule has 14 nitrogen and oxygen atoms in total. The Labute approximate surface area is 328 Å². The van der Waals surface area contributed by atoms with Gasteiger partial charge in [0.2, 0.25) is 23.0 Å². The molecule has 0 spiro atoms. The van der Waals surface area contributed by atoms with Crippen LogP contribution in [0.2, 0.25) is 15.3 Å². The van der Waals surface area contributed by atoms with Crippen molar-refractivity contribution in [2.75, 3.05) is 85.3 Å². The van der Waals surface area contributed by atoms with Gasteiger partial charge in [-0.2, -0.15) is 9.97 Å². The molecule has 19 heteroatoms. The van der Waals surface area contributed by atoms with E-state index in [4.69, 9.17) is 44.8 Å². The van der Waals surface area contributed by atoms with Crippen molar-refractivity contribution in [2.45, 2.75) is 60.4 Å². The zero-order chi connectivity index (χ0) is 37.4. The van der Waals surface area contributed by atoms with Crippen LogP contribution in [0.25, 0.3) is 0 Å². The number of halogens is 3. The molecule has 1 aromatic carbocycles. The van der Waals surface area contributed by atoms with Crippen LogP contribution < -0.4 is 20.4 Å². The van der Waals surface area contributed by atoms with Gasteiger partial charge in [0.05, 0.1) is 43.0 Å². The highest BCUT2D eigenvalue weighted by atomic mass is 35.5. The summed E-state index contributed by atoms with van der Waals surface area (Å²) in [5.74, 6) is 3.35. The first-order valence-electron chi connectivity index (χ1n) is 17.6. The predicted molar refractivity (Wildman–Crippen MR) is 208 cm³/mol. The van der Waals surface area contributed by atoms with E-state index in [0.29, 0.717) is 82.8 Å². The van der Waals surface area contributed by atoms with E-state index in [2.05, 4.69) is 30.4 Å². The fraction of sp³-hybridized carbons (Fsp3) is 0.529. The van der Waals surface area contributed by atoms with Crippen molar-refractivity contribution in [3.05, 3.63) is 44.9 Å². The van der Waals surface area contributed by atoms with E-state index < -0.39 is 21.6 Å². The second-order valence-corrected chi connectivity index (χ2v) is 17.9. The number of piperazine rings is 1. The van der Waals surface area contributed by atoms with E-state index in [1.54, 1.807) is 16.8 Å². The molecule has 53 heavy (non-hydrogen) atoms. The van der Waals surface area contributed by atoms with Crippen molar-refractivity contribution in [1.29, 1.82) is 0 Å². The number of amides is 2. The van der Waals surface area contributed by atoms with Gasteiger partial charge in [-0.25, -0.2) is 9.97 Å². The van der Waals surface area contributed by atoms with Crippen molar-refractivity contribution in [2.24, 2.45) is 0 Å². The average Bonchev–Trinajstić information content (AvgIpc) is 3.71. The highest BCUT2D eigenvalue weighted by Crippen LogP contribution is 2.33. The van der Waals surface area contributed by atoms with Gasteiger partial charge in [0.15, 0.2) is 0 Å². The van der Waals surface area contributed by atoms with E-state index in [0.717, 1.165) is 61.0 Å². The molecule has 0 aliphatic carbocycles. The van der Waals surface area contributed by atoms with Crippen molar-refractivity contribution in [1.82, 2.24) is 29.7 Å². The normalized spacial score (nSPS) is 24.1. The van der Waals surface area contributed by atoms with Gasteiger partial charge in [-0.1, -0.05) is 23.2 Å². The van der Waals surface area contributed by atoms with E-state index >= 15 is 0 Å². The Bertz CT molecular complexity index is 1970. The van der Waals surface area contributed by atoms with Gasteiger partial charge in [0, 0.05) is 108 Å². The Hall–Kier alpha value is -3.31. The molecule has 5 aliphatic heterocycles. The van der Waals surface area contributed by atoms with E-state index in [1.165, 1.54) is 0 Å². The van der Waals surface area contributed by atoms with Gasteiger partial charge >= 0.3 is 0 Å². The largest absolute Gasteiger partial charge is 0.368 e. The lowest BCUT2D eigenvalue weighted by molar-refractivity contribution is -0.132. The Kier molecular flexibility index (Phi) is 11.6. The molecule has 0 radical (unpaired) electrons. The van der Waals surface area contributed by atoms with Gasteiger partial charge in [-0.05, 0) is 42.6 Å². The Morgan fingerprint density at radius 1 is 0.679 bits per heavy atom. The molecule has 284 valence electrons. The van der Waals surface area contributed by atoms with Crippen LogP contribution in [0.3, 0.4) is 0 Å². The Morgan fingerprint density at radius 2 is 1.21 bits per heavy atom. The number of rotatable bonds is 6. The summed E-state index contributed by atoms with van der Waals surface area (Å²) in [5.41, 5.74) is 2.69. The third-order valence-corrected chi connectivity index (χ3v) is 13.9. The van der Waals surface area contributed by atoms with Crippen molar-refractivity contribution >= 4 is 91.5 Å². The number of hydrogen-bond donors (Lipinski definition) is 2. The summed E-state index contributed by atoms with van der Waals surface area (Å²) in [6, 6.07) is 5.89. The molecule has 0 saturated carbocycles. The minimum atomic E-state index is -1.10. The number of hydrogen-bond acceptors (Lipinski definition) is 12. The SMILES string of the molecule is CN1C[C@@H](Nc2nc(Cl)nc3c2S(=O)CC3)CCC1=O.CN1C[C@@H](Nc2nc(N3CCN(c4ccc(Cl)c(Cl)c4)CC3)nc3c2S(=O)CC3)CCC1=O. The minimum absolute atomic E-state index is 0.0867. The van der Waals surface area contributed by atoms with Crippen molar-refractivity contribution in [3.63, 3.8) is 0 Å². The van der Waals surface area contributed by atoms with Crippen LogP contribution in [0.1, 0.15) is 37.1 Å². The number of likely N-dealkylation sites (N-methyl/N-ethyl adjacent to an activating group) is 2. The second-order valence-electron chi connectivity index (χ2n) is 13.7. The standard InChI is InChI=1S/C22H26Cl2N6O2S.C12H15ClN4O2S/c1-28-13-14(2-5-19(28)31)25-21-20-18(6-11-33(20)32)26-22(27-21)30-9-7-29(8-10-30)15-3-4-16(23)17(24)12-15;1-17-6-7(2-3-9(17)18)14-11-10-8(4-5-20(10)19)15-12(13)16-11/h3-4,12,14H,2,5-11,13H2,1H3,(H,25,26,27);7H,2-6H2,1H3,(H,14,15,16)/t14-,33?;7-,20?/m00/s1. The number of likely N-dealkylation sites (tertiary alicyclic amines) is 2. The van der Waals surface area contributed by atoms with Crippen LogP contribution in [0.5, 0.6) is 0 Å². The number of piperidine rings is 2. The molecule has 2 amide bonds. The highest BCUT2D eigenvalue weighted by molar-refractivity contribution is 7.85. The molecule has 0 bridgehead atoms. The summed E-state index contributed by atoms with van der Waals surface area (Å²) in [6.07, 6.45) is 3.87. The third kappa shape index (κ3) is 8.51. The lowest BCUT2D eigenvalue weighted by atomic mass is 10.1. The summed E-state index contributed by atoms with van der Waals surface area (Å²) < 4.78 is 24.7. The quantitative estimate of drug-likeness (QED) is 0.349. The van der Waals surface area contributed by atoms with Crippen molar-refractivity contribution < 1.29 is 18.0 Å². The lowest BCUT2D eigenvalue weighted by Crippen LogP contribution is -2.47. The van der Waals surface area contributed by atoms with Crippen LogP contribution in [-0.2, 0) is 44.0 Å². The van der Waals surface area contributed by atoms with Gasteiger partial charge in [-0.15, -0.1) is 0 Å². The van der Waals surface area contributed by atoms with Crippen molar-refractivity contribution in [3.8, 4) is 0 Å². The van der Waals surface area contributed by atoms with E-state index in [-0.39, 0.29) is 29.2 Å². The lowest BCUT2D eigenvalue weighted by Gasteiger charge is -2.36. The zero-order valence-electron chi connectivity index (χ0n) is 29.4. The van der Waals surface area contributed by atoms with E-state index in [9.17, 15) is 18.0 Å². The van der Waals surface area contributed by atoms with Gasteiger partial charge < -0.3 is 30.2 Å². The number of aryl methyl sites for hydroxylation is 2. The molecule has 2 aromatic heterocycles. The monoisotopic (exact) mass is 822 g/mol. The maximum atomic E-state index is 12.7. The molecule has 3 saturated heterocycles. The molecule has 4 atom stereocenters. The fourth-order valence-corrected chi connectivity index (χ4v) is 10.3. The zero-order valence-corrected chi connectivity index (χ0v) is 33.3. The topological polar surface area (TPSA) is 157 Å². The third-order valence-electron chi connectivity index (χ3n) is 10.1. The number of anilines is 4. The number of carbonyl (C=O) groups excluding carboxylic acids is 2. The first-order valence-corrected chi connectivity index (χ1v) is 21.4. The maximum absolute atomic E-state index is 12.7. The Morgan fingerprint density at radius 3 is 1.75 bits per heavy atom. The smallest absolute Gasteiger partial charge is 0.227 e. The summed E-state index contributed by atoms with van der Waals surface area (Å²) in [6.45, 7) is 4.37. The highest BCUT2D eigenvalue weighted by Gasteiger charge is 2.32. The number of nitrogens with zero attached hydrogens (tertiary/aromatic N) is 8. The van der Waals surface area contributed by atoms with Gasteiger partial charge in [-0.3, -0.25) is 18.0 Å². The van der Waals surface area contributed by atoms with Crippen LogP contribution in [0, 0.1) is 0 Å². The summed E-state index contributed by atoms with van der Waals surface area (Å²) in [4.78, 5) is 50.6. The first-order chi connectivity index (χ1) is 25.4. The van der Waals surface area contributed by atoms with Crippen LogP contribution in [-0.4, -0.2) is 127 Å². The molecular weight excluding hydrogens is 783 g/mol. The van der Waals surface area contributed by atoms with E-state index in [1.807, 2.05) is 25.2 Å². The molecule has 3 aromatic rings. The Balaban J connectivity index is 0.000000186. The van der Waals surface area contributed by atoms with Crippen LogP contribution >= 0.6 is 34.8 Å². The average molecular weight is 824 g/mol. The first kappa shape index (κ1) is 38.0. The molecule has 8 rings (SSSR count). The summed E-state index contributed by atoms with van der Waals surface area (Å²) in [5, 5.41) is 8.04.